The molecule has 5 amide bonds. The van der Waals surface area contributed by atoms with Crippen molar-refractivity contribution in [2.24, 2.45) is 0 Å². The van der Waals surface area contributed by atoms with Crippen molar-refractivity contribution in [1.82, 2.24) is 14.7 Å². The third kappa shape index (κ3) is 4.19. The van der Waals surface area contributed by atoms with Crippen LogP contribution in [0.1, 0.15) is 42.1 Å². The molecule has 0 aliphatic carbocycles. The van der Waals surface area contributed by atoms with E-state index in [4.69, 9.17) is 0 Å². The standard InChI is InChI=1S/C27H31N5O4/c1-19-6-5-7-20(18-19)28-26(36)30-16-14-29(15-17-30)23(33)11-13-31-25(35)21-8-3-4-9-22(21)32-24(34)10-12-27(31,32)2/h3-9,18H,10-17H2,1-2H3,(H,28,36). The summed E-state index contributed by atoms with van der Waals surface area (Å²) in [6.07, 6.45) is 1.07. The second-order valence-electron chi connectivity index (χ2n) is 9.84. The van der Waals surface area contributed by atoms with E-state index in [0.29, 0.717) is 50.3 Å². The number of amides is 5. The maximum atomic E-state index is 13.4. The quantitative estimate of drug-likeness (QED) is 0.714. The first-order valence-electron chi connectivity index (χ1n) is 12.4. The van der Waals surface area contributed by atoms with Crippen molar-refractivity contribution in [3.8, 4) is 0 Å². The Bertz CT molecular complexity index is 1220. The second-order valence-corrected chi connectivity index (χ2v) is 9.84. The van der Waals surface area contributed by atoms with Crippen molar-refractivity contribution >= 4 is 35.1 Å². The molecule has 3 aliphatic heterocycles. The molecule has 0 bridgehead atoms. The van der Waals surface area contributed by atoms with E-state index in [9.17, 15) is 19.2 Å². The van der Waals surface area contributed by atoms with Gasteiger partial charge < -0.3 is 20.0 Å². The summed E-state index contributed by atoms with van der Waals surface area (Å²) in [7, 11) is 0. The fraction of sp³-hybridized carbons (Fsp3) is 0.407. The lowest BCUT2D eigenvalue weighted by Gasteiger charge is -2.48. The Morgan fingerprint density at radius 2 is 1.69 bits per heavy atom. The Morgan fingerprint density at radius 3 is 2.44 bits per heavy atom. The molecule has 0 radical (unpaired) electrons. The van der Waals surface area contributed by atoms with Gasteiger partial charge in [0.1, 0.15) is 5.66 Å². The number of fused-ring (bicyclic) bond motifs is 3. The third-order valence-electron chi connectivity index (χ3n) is 7.48. The SMILES string of the molecule is Cc1cccc(NC(=O)N2CCN(C(=O)CCN3C(=O)c4ccccc4N4C(=O)CCC34C)CC2)c1. The Labute approximate surface area is 210 Å². The van der Waals surface area contributed by atoms with Gasteiger partial charge in [0.05, 0.1) is 11.3 Å². The number of hydrogen-bond donors (Lipinski definition) is 1. The lowest BCUT2D eigenvalue weighted by atomic mass is 9.98. The number of para-hydroxylation sites is 1. The molecule has 5 rings (SSSR count). The van der Waals surface area contributed by atoms with Gasteiger partial charge in [0, 0.05) is 51.3 Å². The van der Waals surface area contributed by atoms with E-state index in [2.05, 4.69) is 5.32 Å². The summed E-state index contributed by atoms with van der Waals surface area (Å²) in [6, 6.07) is 14.6. The summed E-state index contributed by atoms with van der Waals surface area (Å²) in [5.41, 5.74) is 2.19. The van der Waals surface area contributed by atoms with Gasteiger partial charge in [-0.3, -0.25) is 19.3 Å². The highest BCUT2D eigenvalue weighted by Gasteiger charge is 2.52. The number of nitrogens with zero attached hydrogens (tertiary/aromatic N) is 4. The molecule has 188 valence electrons. The first-order valence-corrected chi connectivity index (χ1v) is 12.4. The van der Waals surface area contributed by atoms with E-state index in [0.717, 1.165) is 11.3 Å². The molecule has 1 atom stereocenters. The zero-order valence-corrected chi connectivity index (χ0v) is 20.7. The van der Waals surface area contributed by atoms with Crippen molar-refractivity contribution in [3.05, 3.63) is 59.7 Å². The topological polar surface area (TPSA) is 93.3 Å². The molecule has 36 heavy (non-hydrogen) atoms. The van der Waals surface area contributed by atoms with Crippen molar-refractivity contribution in [1.29, 1.82) is 0 Å². The fourth-order valence-corrected chi connectivity index (χ4v) is 5.49. The molecule has 1 N–H and O–H groups in total. The maximum Gasteiger partial charge on any atom is 0.321 e. The number of piperazine rings is 1. The number of urea groups is 1. The minimum atomic E-state index is -0.768. The molecule has 9 nitrogen and oxygen atoms in total. The summed E-state index contributed by atoms with van der Waals surface area (Å²) < 4.78 is 0. The Kier molecular flexibility index (Phi) is 6.15. The molecule has 0 saturated carbocycles. The van der Waals surface area contributed by atoms with Crippen molar-refractivity contribution in [2.45, 2.75) is 38.8 Å². The van der Waals surface area contributed by atoms with Gasteiger partial charge in [-0.2, -0.15) is 0 Å². The van der Waals surface area contributed by atoms with Gasteiger partial charge in [0.2, 0.25) is 11.8 Å². The molecule has 9 heteroatoms. The Hall–Kier alpha value is -3.88. The smallest absolute Gasteiger partial charge is 0.321 e. The molecule has 0 aromatic heterocycles. The van der Waals surface area contributed by atoms with Crippen LogP contribution in [0.25, 0.3) is 0 Å². The van der Waals surface area contributed by atoms with Crippen LogP contribution >= 0.6 is 0 Å². The average Bonchev–Trinajstić information content (AvgIpc) is 3.18. The van der Waals surface area contributed by atoms with E-state index in [1.165, 1.54) is 0 Å². The molecule has 2 saturated heterocycles. The predicted molar refractivity (Wildman–Crippen MR) is 136 cm³/mol. The first-order chi connectivity index (χ1) is 17.3. The van der Waals surface area contributed by atoms with Gasteiger partial charge in [-0.25, -0.2) is 4.79 Å². The predicted octanol–water partition coefficient (Wildman–Crippen LogP) is 3.06. The second kappa shape index (κ2) is 9.29. The molecule has 2 aromatic carbocycles. The highest BCUT2D eigenvalue weighted by Crippen LogP contribution is 2.44. The number of anilines is 2. The van der Waals surface area contributed by atoms with Crippen LogP contribution in [-0.4, -0.2) is 76.8 Å². The van der Waals surface area contributed by atoms with Gasteiger partial charge in [0.15, 0.2) is 0 Å². The average molecular weight is 490 g/mol. The van der Waals surface area contributed by atoms with Gasteiger partial charge in [0.25, 0.3) is 5.91 Å². The van der Waals surface area contributed by atoms with Crippen LogP contribution < -0.4 is 10.2 Å². The Balaban J connectivity index is 1.19. The van der Waals surface area contributed by atoms with Crippen LogP contribution in [0.5, 0.6) is 0 Å². The molecular weight excluding hydrogens is 458 g/mol. The van der Waals surface area contributed by atoms with Crippen LogP contribution in [0.2, 0.25) is 0 Å². The van der Waals surface area contributed by atoms with Gasteiger partial charge in [-0.1, -0.05) is 24.3 Å². The van der Waals surface area contributed by atoms with E-state index >= 15 is 0 Å². The van der Waals surface area contributed by atoms with Crippen LogP contribution in [0.3, 0.4) is 0 Å². The molecule has 3 heterocycles. The van der Waals surface area contributed by atoms with Crippen LogP contribution in [-0.2, 0) is 9.59 Å². The zero-order chi connectivity index (χ0) is 25.4. The lowest BCUT2D eigenvalue weighted by Crippen LogP contribution is -2.62. The van der Waals surface area contributed by atoms with Crippen LogP contribution in [0, 0.1) is 6.92 Å². The minimum Gasteiger partial charge on any atom is -0.339 e. The minimum absolute atomic E-state index is 0.00571. The van der Waals surface area contributed by atoms with Gasteiger partial charge >= 0.3 is 6.03 Å². The summed E-state index contributed by atoms with van der Waals surface area (Å²) in [5.74, 6) is -0.210. The number of carbonyl (C=O) groups excluding carboxylic acids is 4. The molecular formula is C27H31N5O4. The summed E-state index contributed by atoms with van der Waals surface area (Å²) in [6.45, 7) is 5.89. The van der Waals surface area contributed by atoms with Gasteiger partial charge in [-0.05, 0) is 50.1 Å². The van der Waals surface area contributed by atoms with E-state index in [1.807, 2.05) is 50.2 Å². The fourth-order valence-electron chi connectivity index (χ4n) is 5.49. The number of nitrogens with one attached hydrogen (secondary N) is 1. The maximum absolute atomic E-state index is 13.4. The largest absolute Gasteiger partial charge is 0.339 e. The lowest BCUT2D eigenvalue weighted by molar-refractivity contribution is -0.133. The van der Waals surface area contributed by atoms with Crippen LogP contribution in [0.4, 0.5) is 16.2 Å². The van der Waals surface area contributed by atoms with Gasteiger partial charge in [-0.15, -0.1) is 0 Å². The molecule has 1 unspecified atom stereocenters. The summed E-state index contributed by atoms with van der Waals surface area (Å²) >= 11 is 0. The first kappa shape index (κ1) is 23.8. The highest BCUT2D eigenvalue weighted by molar-refractivity contribution is 6.10. The van der Waals surface area contributed by atoms with E-state index < -0.39 is 5.66 Å². The zero-order valence-electron chi connectivity index (χ0n) is 20.7. The summed E-state index contributed by atoms with van der Waals surface area (Å²) in [4.78, 5) is 58.6. The number of aryl methyl sites for hydroxylation is 1. The normalized spacial score (nSPS) is 21.4. The highest BCUT2D eigenvalue weighted by atomic mass is 16.2. The number of benzene rings is 2. The van der Waals surface area contributed by atoms with E-state index in [-0.39, 0.29) is 36.7 Å². The van der Waals surface area contributed by atoms with Crippen molar-refractivity contribution in [2.75, 3.05) is 42.9 Å². The van der Waals surface area contributed by atoms with E-state index in [1.54, 1.807) is 31.7 Å². The van der Waals surface area contributed by atoms with Crippen molar-refractivity contribution in [3.63, 3.8) is 0 Å². The third-order valence-corrected chi connectivity index (χ3v) is 7.48. The number of rotatable bonds is 4. The van der Waals surface area contributed by atoms with Crippen LogP contribution in [0.15, 0.2) is 48.5 Å². The molecule has 3 aliphatic rings. The molecule has 2 fully saturated rings. The monoisotopic (exact) mass is 489 g/mol. The molecule has 2 aromatic rings. The molecule has 0 spiro atoms. The number of hydrogen-bond acceptors (Lipinski definition) is 4. The summed E-state index contributed by atoms with van der Waals surface area (Å²) in [5, 5.41) is 2.91. The van der Waals surface area contributed by atoms with Crippen molar-refractivity contribution < 1.29 is 19.2 Å². The Morgan fingerprint density at radius 1 is 0.972 bits per heavy atom. The number of carbonyl (C=O) groups is 4.